The zero-order valence-electron chi connectivity index (χ0n) is 9.56. The summed E-state index contributed by atoms with van der Waals surface area (Å²) in [6.45, 7) is 10.4. The van der Waals surface area contributed by atoms with Crippen LogP contribution in [0.1, 0.15) is 60.3 Å². The molecule has 2 fully saturated rings. The van der Waals surface area contributed by atoms with Gasteiger partial charge < -0.3 is 0 Å². The van der Waals surface area contributed by atoms with E-state index in [2.05, 4.69) is 6.92 Å². The first kappa shape index (κ1) is 12.0. The van der Waals surface area contributed by atoms with Crippen LogP contribution < -0.4 is 0 Å². The van der Waals surface area contributed by atoms with Gasteiger partial charge in [0.1, 0.15) is 0 Å². The van der Waals surface area contributed by atoms with E-state index in [9.17, 15) is 0 Å². The Kier molecular flexibility index (Phi) is 6.51. The molecule has 0 aromatic carbocycles. The highest BCUT2D eigenvalue weighted by atomic mass is 14.5. The normalized spacial score (nSPS) is 36.2. The molecule has 0 heterocycles. The summed E-state index contributed by atoms with van der Waals surface area (Å²) in [5.41, 5.74) is 0. The molecule has 0 nitrogen and oxygen atoms in total. The van der Waals surface area contributed by atoms with E-state index >= 15 is 0 Å². The second-order valence-corrected chi connectivity index (χ2v) is 3.67. The molecule has 0 bridgehead atoms. The van der Waals surface area contributed by atoms with E-state index in [0.717, 1.165) is 5.92 Å². The molecule has 2 saturated carbocycles. The Bertz CT molecular complexity index is 96.2. The van der Waals surface area contributed by atoms with Gasteiger partial charge in [-0.25, -0.2) is 0 Å². The molecule has 2 aliphatic carbocycles. The highest BCUT2D eigenvalue weighted by Gasteiger charge is 2.40. The molecule has 0 saturated heterocycles. The van der Waals surface area contributed by atoms with E-state index in [4.69, 9.17) is 0 Å². The fraction of sp³-hybridized carbons (Fsp3) is 1.00. The molecule has 2 rings (SSSR count). The van der Waals surface area contributed by atoms with Gasteiger partial charge in [-0.2, -0.15) is 0 Å². The SMILES string of the molecule is CC.CC.CC1CCC2CC2C1. The highest BCUT2D eigenvalue weighted by molar-refractivity contribution is 4.91. The topological polar surface area (TPSA) is 0 Å². The standard InChI is InChI=1S/C8H14.2C2H6/c1-6-2-3-7-5-8(7)4-6;2*1-2/h6-8H,2-5H2,1H3;2*1-2H3. The maximum absolute atomic E-state index is 2.40. The average molecular weight is 170 g/mol. The Morgan fingerprint density at radius 1 is 0.750 bits per heavy atom. The van der Waals surface area contributed by atoms with Crippen LogP contribution >= 0.6 is 0 Å². The van der Waals surface area contributed by atoms with Crippen LogP contribution in [0.2, 0.25) is 0 Å². The number of fused-ring (bicyclic) bond motifs is 1. The van der Waals surface area contributed by atoms with Gasteiger partial charge in [-0.1, -0.05) is 41.0 Å². The van der Waals surface area contributed by atoms with Gasteiger partial charge in [-0.15, -0.1) is 0 Å². The summed E-state index contributed by atoms with van der Waals surface area (Å²) in [6.07, 6.45) is 6.18. The van der Waals surface area contributed by atoms with Crippen LogP contribution in [0.3, 0.4) is 0 Å². The molecular weight excluding hydrogens is 144 g/mol. The van der Waals surface area contributed by atoms with E-state index in [1.165, 1.54) is 18.3 Å². The quantitative estimate of drug-likeness (QED) is 0.502. The monoisotopic (exact) mass is 170 g/mol. The average Bonchev–Trinajstić information content (AvgIpc) is 2.89. The zero-order chi connectivity index (χ0) is 9.56. The van der Waals surface area contributed by atoms with Gasteiger partial charge in [0.15, 0.2) is 0 Å². The van der Waals surface area contributed by atoms with Crippen molar-refractivity contribution in [2.75, 3.05) is 0 Å². The minimum atomic E-state index is 1.05. The lowest BCUT2D eigenvalue weighted by molar-refractivity contribution is 0.368. The van der Waals surface area contributed by atoms with Gasteiger partial charge in [0.2, 0.25) is 0 Å². The molecule has 3 unspecified atom stereocenters. The summed E-state index contributed by atoms with van der Waals surface area (Å²) in [5, 5.41) is 0. The second kappa shape index (κ2) is 6.51. The van der Waals surface area contributed by atoms with Crippen molar-refractivity contribution in [2.45, 2.75) is 60.3 Å². The van der Waals surface area contributed by atoms with Crippen LogP contribution in [0.4, 0.5) is 0 Å². The van der Waals surface area contributed by atoms with Crippen LogP contribution in [-0.4, -0.2) is 0 Å². The van der Waals surface area contributed by atoms with Crippen molar-refractivity contribution in [3.63, 3.8) is 0 Å². The summed E-state index contributed by atoms with van der Waals surface area (Å²) in [6, 6.07) is 0. The van der Waals surface area contributed by atoms with Gasteiger partial charge in [-0.05, 0) is 37.0 Å². The summed E-state index contributed by atoms with van der Waals surface area (Å²) in [7, 11) is 0. The summed E-state index contributed by atoms with van der Waals surface area (Å²) >= 11 is 0. The third-order valence-electron chi connectivity index (χ3n) is 2.80. The molecule has 0 heteroatoms. The van der Waals surface area contributed by atoms with Crippen molar-refractivity contribution in [1.82, 2.24) is 0 Å². The second-order valence-electron chi connectivity index (χ2n) is 3.67. The lowest BCUT2D eigenvalue weighted by atomic mass is 9.91. The van der Waals surface area contributed by atoms with E-state index in [1.54, 1.807) is 19.3 Å². The molecule has 0 aliphatic heterocycles. The fourth-order valence-corrected chi connectivity index (χ4v) is 2.09. The minimum absolute atomic E-state index is 1.05. The van der Waals surface area contributed by atoms with Crippen molar-refractivity contribution in [3.8, 4) is 0 Å². The first-order valence-electron chi connectivity index (χ1n) is 5.86. The van der Waals surface area contributed by atoms with Gasteiger partial charge >= 0.3 is 0 Å². The van der Waals surface area contributed by atoms with Crippen molar-refractivity contribution >= 4 is 0 Å². The predicted octanol–water partition coefficient (Wildman–Crippen LogP) is 4.49. The lowest BCUT2D eigenvalue weighted by Crippen LogP contribution is -2.03. The third kappa shape index (κ3) is 3.60. The Hall–Kier alpha value is 0. The molecule has 0 aromatic rings. The fourth-order valence-electron chi connectivity index (χ4n) is 2.09. The Labute approximate surface area is 78.8 Å². The molecule has 0 N–H and O–H groups in total. The molecule has 0 aromatic heterocycles. The predicted molar refractivity (Wildman–Crippen MR) is 57.3 cm³/mol. The van der Waals surface area contributed by atoms with Gasteiger partial charge in [-0.3, -0.25) is 0 Å². The minimum Gasteiger partial charge on any atom is -0.0683 e. The zero-order valence-corrected chi connectivity index (χ0v) is 9.56. The summed E-state index contributed by atoms with van der Waals surface area (Å²) < 4.78 is 0. The van der Waals surface area contributed by atoms with Crippen molar-refractivity contribution in [3.05, 3.63) is 0 Å². The molecule has 74 valence electrons. The van der Waals surface area contributed by atoms with Crippen LogP contribution in [-0.2, 0) is 0 Å². The van der Waals surface area contributed by atoms with E-state index < -0.39 is 0 Å². The Balaban J connectivity index is 0.000000269. The van der Waals surface area contributed by atoms with Crippen LogP contribution in [0.25, 0.3) is 0 Å². The highest BCUT2D eigenvalue weighted by Crippen LogP contribution is 2.51. The van der Waals surface area contributed by atoms with Crippen LogP contribution in [0.15, 0.2) is 0 Å². The number of rotatable bonds is 0. The molecule has 3 atom stereocenters. The van der Waals surface area contributed by atoms with Crippen LogP contribution in [0.5, 0.6) is 0 Å². The maximum atomic E-state index is 2.40. The number of hydrogen-bond donors (Lipinski definition) is 0. The van der Waals surface area contributed by atoms with E-state index in [0.29, 0.717) is 0 Å². The Morgan fingerprint density at radius 2 is 1.33 bits per heavy atom. The smallest absolute Gasteiger partial charge is 0.0380 e. The summed E-state index contributed by atoms with van der Waals surface area (Å²) in [4.78, 5) is 0. The van der Waals surface area contributed by atoms with Crippen molar-refractivity contribution in [2.24, 2.45) is 17.8 Å². The first-order valence-corrected chi connectivity index (χ1v) is 5.86. The molecule has 2 aliphatic rings. The van der Waals surface area contributed by atoms with Crippen molar-refractivity contribution in [1.29, 1.82) is 0 Å². The molecule has 12 heavy (non-hydrogen) atoms. The van der Waals surface area contributed by atoms with Gasteiger partial charge in [0.05, 0.1) is 0 Å². The van der Waals surface area contributed by atoms with Gasteiger partial charge in [0.25, 0.3) is 0 Å². The molecule has 0 radical (unpaired) electrons. The molecular formula is C12H26. The van der Waals surface area contributed by atoms with Gasteiger partial charge in [0, 0.05) is 0 Å². The van der Waals surface area contributed by atoms with E-state index in [1.807, 2.05) is 27.7 Å². The first-order chi connectivity index (χ1) is 5.86. The Morgan fingerprint density at radius 3 is 1.75 bits per heavy atom. The third-order valence-corrected chi connectivity index (χ3v) is 2.80. The number of hydrogen-bond acceptors (Lipinski definition) is 0. The summed E-state index contributed by atoms with van der Waals surface area (Å²) in [5.74, 6) is 3.42. The maximum Gasteiger partial charge on any atom is -0.0380 e. The largest absolute Gasteiger partial charge is 0.0683 e. The lowest BCUT2D eigenvalue weighted by Gasteiger charge is -2.15. The van der Waals surface area contributed by atoms with E-state index in [-0.39, 0.29) is 0 Å². The van der Waals surface area contributed by atoms with Crippen molar-refractivity contribution < 1.29 is 0 Å². The molecule has 0 amide bonds. The molecule has 0 spiro atoms. The van der Waals surface area contributed by atoms with Crippen LogP contribution in [0, 0.1) is 17.8 Å².